The molecule has 2 aromatic heterocycles. The fourth-order valence-electron chi connectivity index (χ4n) is 2.03. The standard InChI is InChI=1S/C14H13FN4S/c1-9-13(20-14(16)17-9)12-6-7-19(18-12)8-10-4-2-3-5-11(10)15/h2-7H,8H2,1H3,(H2,16,17). The topological polar surface area (TPSA) is 56.7 Å². The van der Waals surface area contributed by atoms with Crippen molar-refractivity contribution < 1.29 is 4.39 Å². The number of hydrogen-bond acceptors (Lipinski definition) is 4. The molecule has 0 fully saturated rings. The lowest BCUT2D eigenvalue weighted by molar-refractivity contribution is 0.586. The van der Waals surface area contributed by atoms with Crippen molar-refractivity contribution in [3.05, 3.63) is 53.6 Å². The Morgan fingerprint density at radius 2 is 2.10 bits per heavy atom. The Hall–Kier alpha value is -2.21. The normalized spacial score (nSPS) is 10.9. The first-order valence-corrected chi connectivity index (χ1v) is 6.95. The molecule has 20 heavy (non-hydrogen) atoms. The number of aromatic nitrogens is 3. The molecule has 1 aromatic carbocycles. The third kappa shape index (κ3) is 2.42. The number of halogens is 1. The van der Waals surface area contributed by atoms with Gasteiger partial charge in [-0.1, -0.05) is 29.5 Å². The van der Waals surface area contributed by atoms with Crippen LogP contribution in [-0.2, 0) is 6.54 Å². The van der Waals surface area contributed by atoms with Gasteiger partial charge in [-0.3, -0.25) is 4.68 Å². The fourth-order valence-corrected chi connectivity index (χ4v) is 2.83. The average molecular weight is 288 g/mol. The van der Waals surface area contributed by atoms with Crippen molar-refractivity contribution in [2.75, 3.05) is 5.73 Å². The summed E-state index contributed by atoms with van der Waals surface area (Å²) in [5.74, 6) is -0.220. The van der Waals surface area contributed by atoms with Gasteiger partial charge in [-0.25, -0.2) is 9.37 Å². The zero-order valence-corrected chi connectivity index (χ0v) is 11.7. The molecule has 0 aliphatic heterocycles. The zero-order chi connectivity index (χ0) is 14.1. The molecular weight excluding hydrogens is 275 g/mol. The number of anilines is 1. The molecule has 0 aliphatic rings. The number of rotatable bonds is 3. The first kappa shape index (κ1) is 12.8. The molecule has 0 amide bonds. The number of nitrogens with two attached hydrogens (primary N) is 1. The van der Waals surface area contributed by atoms with E-state index in [0.29, 0.717) is 17.2 Å². The minimum Gasteiger partial charge on any atom is -0.375 e. The van der Waals surface area contributed by atoms with Crippen LogP contribution in [0, 0.1) is 12.7 Å². The first-order valence-electron chi connectivity index (χ1n) is 6.13. The van der Waals surface area contributed by atoms with Gasteiger partial charge in [0.05, 0.1) is 17.1 Å². The predicted octanol–water partition coefficient (Wildman–Crippen LogP) is 3.08. The van der Waals surface area contributed by atoms with E-state index in [0.717, 1.165) is 16.3 Å². The summed E-state index contributed by atoms with van der Waals surface area (Å²) in [7, 11) is 0. The number of benzene rings is 1. The van der Waals surface area contributed by atoms with Gasteiger partial charge in [0.25, 0.3) is 0 Å². The molecule has 4 nitrogen and oxygen atoms in total. The molecule has 2 heterocycles. The highest BCUT2D eigenvalue weighted by molar-refractivity contribution is 7.18. The first-order chi connectivity index (χ1) is 9.63. The maximum atomic E-state index is 13.6. The second-order valence-electron chi connectivity index (χ2n) is 4.46. The molecule has 3 aromatic rings. The predicted molar refractivity (Wildman–Crippen MR) is 78.0 cm³/mol. The highest BCUT2D eigenvalue weighted by Gasteiger charge is 2.11. The fraction of sp³-hybridized carbons (Fsp3) is 0.143. The smallest absolute Gasteiger partial charge is 0.180 e. The van der Waals surface area contributed by atoms with Crippen LogP contribution in [0.25, 0.3) is 10.6 Å². The molecule has 0 spiro atoms. The van der Waals surface area contributed by atoms with E-state index in [-0.39, 0.29) is 5.82 Å². The van der Waals surface area contributed by atoms with Crippen LogP contribution in [-0.4, -0.2) is 14.8 Å². The Kier molecular flexibility index (Phi) is 3.23. The van der Waals surface area contributed by atoms with E-state index in [1.807, 2.05) is 25.3 Å². The Labute approximate surface area is 119 Å². The Morgan fingerprint density at radius 3 is 2.80 bits per heavy atom. The zero-order valence-electron chi connectivity index (χ0n) is 10.9. The van der Waals surface area contributed by atoms with Crippen LogP contribution in [0.3, 0.4) is 0 Å². The van der Waals surface area contributed by atoms with Gasteiger partial charge >= 0.3 is 0 Å². The molecule has 3 rings (SSSR count). The molecule has 102 valence electrons. The SMILES string of the molecule is Cc1nc(N)sc1-c1ccn(Cc2ccccc2F)n1. The summed E-state index contributed by atoms with van der Waals surface area (Å²) < 4.78 is 15.3. The molecule has 0 saturated carbocycles. The highest BCUT2D eigenvalue weighted by Crippen LogP contribution is 2.29. The van der Waals surface area contributed by atoms with E-state index >= 15 is 0 Å². The van der Waals surface area contributed by atoms with Gasteiger partial charge in [-0.2, -0.15) is 5.10 Å². The second kappa shape index (κ2) is 5.05. The van der Waals surface area contributed by atoms with Crippen LogP contribution in [0.1, 0.15) is 11.3 Å². The van der Waals surface area contributed by atoms with Gasteiger partial charge in [0.2, 0.25) is 0 Å². The van der Waals surface area contributed by atoms with Crippen LogP contribution in [0.2, 0.25) is 0 Å². The van der Waals surface area contributed by atoms with Crippen molar-refractivity contribution in [2.24, 2.45) is 0 Å². The summed E-state index contributed by atoms with van der Waals surface area (Å²) in [5.41, 5.74) is 7.98. The summed E-state index contributed by atoms with van der Waals surface area (Å²) in [6.45, 7) is 2.30. The van der Waals surface area contributed by atoms with Gasteiger partial charge in [0.1, 0.15) is 11.5 Å². The number of hydrogen-bond donors (Lipinski definition) is 1. The molecule has 0 saturated heterocycles. The Bertz CT molecular complexity index is 747. The van der Waals surface area contributed by atoms with Gasteiger partial charge in [-0.05, 0) is 19.1 Å². The Morgan fingerprint density at radius 1 is 1.30 bits per heavy atom. The molecule has 6 heteroatoms. The maximum absolute atomic E-state index is 13.6. The van der Waals surface area contributed by atoms with Crippen molar-refractivity contribution in [1.29, 1.82) is 0 Å². The summed E-state index contributed by atoms with van der Waals surface area (Å²) >= 11 is 1.41. The van der Waals surface area contributed by atoms with Crippen LogP contribution >= 0.6 is 11.3 Å². The van der Waals surface area contributed by atoms with Crippen molar-refractivity contribution in [2.45, 2.75) is 13.5 Å². The largest absolute Gasteiger partial charge is 0.375 e. The lowest BCUT2D eigenvalue weighted by Gasteiger charge is -2.03. The molecule has 0 radical (unpaired) electrons. The lowest BCUT2D eigenvalue weighted by atomic mass is 10.2. The second-order valence-corrected chi connectivity index (χ2v) is 5.49. The van der Waals surface area contributed by atoms with E-state index in [4.69, 9.17) is 5.73 Å². The lowest BCUT2D eigenvalue weighted by Crippen LogP contribution is -2.02. The average Bonchev–Trinajstić information content (AvgIpc) is 2.99. The summed E-state index contributed by atoms with van der Waals surface area (Å²) in [4.78, 5) is 5.14. The van der Waals surface area contributed by atoms with E-state index in [2.05, 4.69) is 10.1 Å². The van der Waals surface area contributed by atoms with Crippen LogP contribution in [0.15, 0.2) is 36.5 Å². The molecular formula is C14H13FN4S. The van der Waals surface area contributed by atoms with Crippen molar-refractivity contribution >= 4 is 16.5 Å². The van der Waals surface area contributed by atoms with Crippen molar-refractivity contribution in [1.82, 2.24) is 14.8 Å². The molecule has 0 bridgehead atoms. The van der Waals surface area contributed by atoms with Gasteiger partial charge in [0, 0.05) is 11.8 Å². The Balaban J connectivity index is 1.88. The summed E-state index contributed by atoms with van der Waals surface area (Å²) in [6.07, 6.45) is 1.83. The maximum Gasteiger partial charge on any atom is 0.180 e. The van der Waals surface area contributed by atoms with Crippen LogP contribution < -0.4 is 5.73 Å². The van der Waals surface area contributed by atoms with E-state index in [1.165, 1.54) is 17.4 Å². The van der Waals surface area contributed by atoms with Gasteiger partial charge < -0.3 is 5.73 Å². The van der Waals surface area contributed by atoms with Crippen molar-refractivity contribution in [3.63, 3.8) is 0 Å². The van der Waals surface area contributed by atoms with Gasteiger partial charge in [-0.15, -0.1) is 0 Å². The minimum atomic E-state index is -0.220. The summed E-state index contributed by atoms with van der Waals surface area (Å²) in [5, 5.41) is 4.98. The molecule has 0 atom stereocenters. The van der Waals surface area contributed by atoms with E-state index < -0.39 is 0 Å². The number of nitrogen functional groups attached to an aromatic ring is 1. The number of nitrogens with zero attached hydrogens (tertiary/aromatic N) is 3. The monoisotopic (exact) mass is 288 g/mol. The number of aryl methyl sites for hydroxylation is 1. The van der Waals surface area contributed by atoms with Crippen LogP contribution in [0.5, 0.6) is 0 Å². The van der Waals surface area contributed by atoms with Gasteiger partial charge in [0.15, 0.2) is 5.13 Å². The van der Waals surface area contributed by atoms with E-state index in [1.54, 1.807) is 16.8 Å². The third-order valence-corrected chi connectivity index (χ3v) is 3.99. The summed E-state index contributed by atoms with van der Waals surface area (Å²) in [6, 6.07) is 8.59. The van der Waals surface area contributed by atoms with E-state index in [9.17, 15) is 4.39 Å². The molecule has 2 N–H and O–H groups in total. The van der Waals surface area contributed by atoms with Crippen molar-refractivity contribution in [3.8, 4) is 10.6 Å². The third-order valence-electron chi connectivity index (χ3n) is 2.98. The molecule has 0 unspecified atom stereocenters. The minimum absolute atomic E-state index is 0.220. The molecule has 0 aliphatic carbocycles. The van der Waals surface area contributed by atoms with Crippen LogP contribution in [0.4, 0.5) is 9.52 Å². The number of thiazole rings is 1. The highest BCUT2D eigenvalue weighted by atomic mass is 32.1. The quantitative estimate of drug-likeness (QED) is 0.805.